The molecular weight excluding hydrogens is 226 g/mol. The molecule has 0 aromatic heterocycles. The molecule has 0 spiro atoms. The van der Waals surface area contributed by atoms with Crippen molar-refractivity contribution in [3.8, 4) is 0 Å². The van der Waals surface area contributed by atoms with Crippen LogP contribution in [0.1, 0.15) is 33.1 Å². The summed E-state index contributed by atoms with van der Waals surface area (Å²) in [6.07, 6.45) is 2.26. The molecule has 0 aromatic rings. The number of nitrogens with one attached hydrogen (secondary N) is 1. The average molecular weight is 247 g/mol. The van der Waals surface area contributed by atoms with Gasteiger partial charge < -0.3 is 10.2 Å². The van der Waals surface area contributed by atoms with Crippen molar-refractivity contribution < 1.29 is 15.0 Å². The molecule has 0 heterocycles. The molecule has 5 heteroatoms. The van der Waals surface area contributed by atoms with E-state index in [2.05, 4.69) is 5.32 Å². The molecule has 0 saturated heterocycles. The minimum atomic E-state index is -0.749. The lowest BCUT2D eigenvalue weighted by Gasteiger charge is -2.28. The molecule has 1 fully saturated rings. The second-order valence-corrected chi connectivity index (χ2v) is 6.05. The van der Waals surface area contributed by atoms with E-state index in [0.717, 1.165) is 6.42 Å². The van der Waals surface area contributed by atoms with E-state index in [1.165, 1.54) is 0 Å². The molecule has 4 nitrogen and oxygen atoms in total. The molecule has 1 rings (SSSR count). The van der Waals surface area contributed by atoms with Crippen molar-refractivity contribution in [2.24, 2.45) is 0 Å². The standard InChI is InChI=1S/C11H21NO3S/c1-8(2)12-11(10(14)15)4-3-9(7-11)16-6-5-13/h8-9,12-13H,3-7H2,1-2H3,(H,14,15). The molecule has 1 aliphatic rings. The van der Waals surface area contributed by atoms with E-state index in [4.69, 9.17) is 5.11 Å². The van der Waals surface area contributed by atoms with Crippen LogP contribution in [-0.2, 0) is 4.79 Å². The second-order valence-electron chi connectivity index (χ2n) is 4.65. The summed E-state index contributed by atoms with van der Waals surface area (Å²) in [4.78, 5) is 11.4. The fourth-order valence-electron chi connectivity index (χ4n) is 2.30. The van der Waals surface area contributed by atoms with Gasteiger partial charge in [-0.2, -0.15) is 11.8 Å². The molecule has 16 heavy (non-hydrogen) atoms. The van der Waals surface area contributed by atoms with Crippen LogP contribution in [0.5, 0.6) is 0 Å². The SMILES string of the molecule is CC(C)NC1(C(=O)O)CCC(SCCO)C1. The Hall–Kier alpha value is -0.260. The van der Waals surface area contributed by atoms with Crippen LogP contribution >= 0.6 is 11.8 Å². The van der Waals surface area contributed by atoms with Gasteiger partial charge in [0.1, 0.15) is 5.54 Å². The highest BCUT2D eigenvalue weighted by molar-refractivity contribution is 7.99. The number of carboxylic acids is 1. The molecule has 1 aliphatic carbocycles. The molecule has 0 radical (unpaired) electrons. The first kappa shape index (κ1) is 13.8. The van der Waals surface area contributed by atoms with Crippen LogP contribution in [-0.4, -0.2) is 45.4 Å². The zero-order valence-electron chi connectivity index (χ0n) is 9.90. The maximum absolute atomic E-state index is 11.4. The Labute approximate surface area is 101 Å². The summed E-state index contributed by atoms with van der Waals surface area (Å²) < 4.78 is 0. The normalized spacial score (nSPS) is 29.9. The van der Waals surface area contributed by atoms with Crippen molar-refractivity contribution in [3.05, 3.63) is 0 Å². The first-order valence-corrected chi connectivity index (χ1v) is 6.78. The fraction of sp³-hybridized carbons (Fsp3) is 0.909. The lowest BCUT2D eigenvalue weighted by Crippen LogP contribution is -2.53. The van der Waals surface area contributed by atoms with Gasteiger partial charge in [0.15, 0.2) is 0 Å². The Morgan fingerprint density at radius 2 is 2.31 bits per heavy atom. The topological polar surface area (TPSA) is 69.6 Å². The summed E-state index contributed by atoms with van der Waals surface area (Å²) in [6.45, 7) is 4.11. The van der Waals surface area contributed by atoms with Gasteiger partial charge in [0.2, 0.25) is 0 Å². The van der Waals surface area contributed by atoms with Gasteiger partial charge >= 0.3 is 5.97 Å². The van der Waals surface area contributed by atoms with E-state index in [0.29, 0.717) is 23.8 Å². The third-order valence-corrected chi connectivity index (χ3v) is 4.18. The van der Waals surface area contributed by atoms with Crippen molar-refractivity contribution in [3.63, 3.8) is 0 Å². The van der Waals surface area contributed by atoms with Crippen molar-refractivity contribution >= 4 is 17.7 Å². The summed E-state index contributed by atoms with van der Waals surface area (Å²) in [5.74, 6) is -0.0458. The minimum absolute atomic E-state index is 0.166. The smallest absolute Gasteiger partial charge is 0.323 e. The predicted octanol–water partition coefficient (Wildman–Crippen LogP) is 1.09. The molecule has 0 bridgehead atoms. The lowest BCUT2D eigenvalue weighted by molar-refractivity contribution is -0.145. The third-order valence-electron chi connectivity index (χ3n) is 2.89. The molecule has 0 amide bonds. The van der Waals surface area contributed by atoms with E-state index in [-0.39, 0.29) is 12.6 Å². The number of aliphatic carboxylic acids is 1. The zero-order valence-corrected chi connectivity index (χ0v) is 10.7. The molecular formula is C11H21NO3S. The van der Waals surface area contributed by atoms with Gasteiger partial charge in [0.25, 0.3) is 0 Å². The highest BCUT2D eigenvalue weighted by atomic mass is 32.2. The molecule has 2 atom stereocenters. The average Bonchev–Trinajstić information content (AvgIpc) is 2.59. The van der Waals surface area contributed by atoms with E-state index >= 15 is 0 Å². The first-order chi connectivity index (χ1) is 7.50. The van der Waals surface area contributed by atoms with Gasteiger partial charge in [-0.3, -0.25) is 10.1 Å². The zero-order chi connectivity index (χ0) is 12.2. The second kappa shape index (κ2) is 5.89. The highest BCUT2D eigenvalue weighted by Crippen LogP contribution is 2.37. The molecule has 2 unspecified atom stereocenters. The van der Waals surface area contributed by atoms with Gasteiger partial charge in [0.05, 0.1) is 6.61 Å². The molecule has 3 N–H and O–H groups in total. The number of hydrogen-bond donors (Lipinski definition) is 3. The monoisotopic (exact) mass is 247 g/mol. The third kappa shape index (κ3) is 3.37. The number of hydrogen-bond acceptors (Lipinski definition) is 4. The number of rotatable bonds is 6. The minimum Gasteiger partial charge on any atom is -0.480 e. The van der Waals surface area contributed by atoms with E-state index < -0.39 is 11.5 Å². The van der Waals surface area contributed by atoms with Crippen molar-refractivity contribution in [1.29, 1.82) is 0 Å². The number of carboxylic acid groups (broad SMARTS) is 1. The first-order valence-electron chi connectivity index (χ1n) is 5.74. The van der Waals surface area contributed by atoms with E-state index in [1.807, 2.05) is 13.8 Å². The van der Waals surface area contributed by atoms with Crippen molar-refractivity contribution in [2.75, 3.05) is 12.4 Å². The van der Waals surface area contributed by atoms with Crippen molar-refractivity contribution in [1.82, 2.24) is 5.32 Å². The van der Waals surface area contributed by atoms with E-state index in [9.17, 15) is 9.90 Å². The molecule has 94 valence electrons. The van der Waals surface area contributed by atoms with Crippen LogP contribution in [0.15, 0.2) is 0 Å². The summed E-state index contributed by atoms with van der Waals surface area (Å²) in [6, 6.07) is 0.178. The van der Waals surface area contributed by atoms with Crippen LogP contribution in [0.2, 0.25) is 0 Å². The van der Waals surface area contributed by atoms with Crippen LogP contribution in [0.4, 0.5) is 0 Å². The number of aliphatic hydroxyl groups is 1. The quantitative estimate of drug-likeness (QED) is 0.655. The summed E-state index contributed by atoms with van der Waals surface area (Å²) in [5, 5.41) is 21.6. The Bertz CT molecular complexity index is 247. The maximum atomic E-state index is 11.4. The number of aliphatic hydroxyl groups excluding tert-OH is 1. The molecule has 1 saturated carbocycles. The molecule has 0 aliphatic heterocycles. The van der Waals surface area contributed by atoms with E-state index in [1.54, 1.807) is 11.8 Å². The largest absolute Gasteiger partial charge is 0.480 e. The Morgan fingerprint density at radius 1 is 1.62 bits per heavy atom. The Morgan fingerprint density at radius 3 is 2.81 bits per heavy atom. The predicted molar refractivity (Wildman–Crippen MR) is 65.8 cm³/mol. The van der Waals surface area contributed by atoms with Crippen LogP contribution in [0, 0.1) is 0 Å². The van der Waals surface area contributed by atoms with Gasteiger partial charge in [-0.25, -0.2) is 0 Å². The number of thioether (sulfide) groups is 1. The maximum Gasteiger partial charge on any atom is 0.323 e. The lowest BCUT2D eigenvalue weighted by atomic mass is 9.97. The summed E-state index contributed by atoms with van der Waals surface area (Å²) in [7, 11) is 0. The van der Waals surface area contributed by atoms with Gasteiger partial charge in [-0.15, -0.1) is 0 Å². The van der Waals surface area contributed by atoms with Crippen LogP contribution in [0.3, 0.4) is 0 Å². The Balaban J connectivity index is 2.58. The van der Waals surface area contributed by atoms with Crippen LogP contribution < -0.4 is 5.32 Å². The van der Waals surface area contributed by atoms with Gasteiger partial charge in [-0.1, -0.05) is 0 Å². The highest BCUT2D eigenvalue weighted by Gasteiger charge is 2.45. The summed E-state index contributed by atoms with van der Waals surface area (Å²) >= 11 is 1.68. The Kier molecular flexibility index (Phi) is 5.08. The van der Waals surface area contributed by atoms with Gasteiger partial charge in [0, 0.05) is 17.0 Å². The van der Waals surface area contributed by atoms with Gasteiger partial charge in [-0.05, 0) is 33.1 Å². The van der Waals surface area contributed by atoms with Crippen molar-refractivity contribution in [2.45, 2.75) is 49.9 Å². The number of carbonyl (C=O) groups is 1. The molecule has 0 aromatic carbocycles. The fourth-order valence-corrected chi connectivity index (χ4v) is 3.43. The summed E-state index contributed by atoms with van der Waals surface area (Å²) in [5.41, 5.74) is -0.749. The van der Waals surface area contributed by atoms with Crippen LogP contribution in [0.25, 0.3) is 0 Å².